The monoisotopic (exact) mass is 256 g/mol. The minimum atomic E-state index is -4.31. The summed E-state index contributed by atoms with van der Waals surface area (Å²) < 4.78 is 38.9. The lowest BCUT2D eigenvalue weighted by atomic mass is 10.1. The van der Waals surface area contributed by atoms with Crippen LogP contribution in [0, 0.1) is 0 Å². The Kier molecular flexibility index (Phi) is 4.53. The van der Waals surface area contributed by atoms with Gasteiger partial charge in [-0.05, 0) is 18.2 Å². The molecule has 0 saturated carbocycles. The molecule has 0 saturated heterocycles. The molecule has 0 N–H and O–H groups in total. The number of halogens is 3. The molecule has 0 bridgehead atoms. The van der Waals surface area contributed by atoms with E-state index in [4.69, 9.17) is 0 Å². The number of nitrogens with zero attached hydrogens (tertiary/aromatic N) is 2. The Bertz CT molecular complexity index is 501. The average molecular weight is 256 g/mol. The minimum absolute atomic E-state index is 0.468. The van der Waals surface area contributed by atoms with Crippen molar-refractivity contribution in [2.45, 2.75) is 20.0 Å². The first-order valence-electron chi connectivity index (χ1n) is 5.64. The zero-order chi connectivity index (χ0) is 13.8. The van der Waals surface area contributed by atoms with Crippen LogP contribution in [0.15, 0.2) is 36.5 Å². The molecule has 0 aliphatic heterocycles. The van der Waals surface area contributed by atoms with Crippen molar-refractivity contribution in [1.29, 1.82) is 0 Å². The topological polar surface area (TPSA) is 17.8 Å². The minimum Gasteiger partial charge on any atom is -0.275 e. The maximum absolute atomic E-state index is 12.5. The fourth-order valence-electron chi connectivity index (χ4n) is 1.42. The van der Waals surface area contributed by atoms with Gasteiger partial charge in [0.15, 0.2) is 0 Å². The van der Waals surface area contributed by atoms with Crippen molar-refractivity contribution in [1.82, 2.24) is 9.78 Å². The van der Waals surface area contributed by atoms with E-state index in [1.807, 2.05) is 13.8 Å². The molecule has 1 heterocycles. The van der Waals surface area contributed by atoms with E-state index in [9.17, 15) is 13.2 Å². The molecule has 1 aromatic carbocycles. The highest BCUT2D eigenvalue weighted by Gasteiger charge is 2.30. The van der Waals surface area contributed by atoms with Crippen molar-refractivity contribution in [2.24, 2.45) is 7.05 Å². The molecule has 0 aliphatic rings. The Balaban J connectivity index is 0.000000771. The second-order valence-corrected chi connectivity index (χ2v) is 3.45. The van der Waals surface area contributed by atoms with Crippen LogP contribution in [0.1, 0.15) is 19.4 Å². The van der Waals surface area contributed by atoms with Crippen molar-refractivity contribution in [3.63, 3.8) is 0 Å². The van der Waals surface area contributed by atoms with Gasteiger partial charge in [0, 0.05) is 18.8 Å². The van der Waals surface area contributed by atoms with Crippen LogP contribution >= 0.6 is 0 Å². The van der Waals surface area contributed by atoms with E-state index in [1.54, 1.807) is 30.1 Å². The van der Waals surface area contributed by atoms with E-state index >= 15 is 0 Å². The summed E-state index contributed by atoms with van der Waals surface area (Å²) in [5.74, 6) is 0. The molecular weight excluding hydrogens is 241 g/mol. The molecule has 98 valence electrons. The van der Waals surface area contributed by atoms with Gasteiger partial charge in [0.2, 0.25) is 0 Å². The lowest BCUT2D eigenvalue weighted by molar-refractivity contribution is -0.137. The van der Waals surface area contributed by atoms with E-state index in [0.717, 1.165) is 12.1 Å². The average Bonchev–Trinajstić information content (AvgIpc) is 2.78. The molecular formula is C13H15F3N2. The smallest absolute Gasteiger partial charge is 0.275 e. The molecule has 5 heteroatoms. The molecule has 2 nitrogen and oxygen atoms in total. The predicted octanol–water partition coefficient (Wildman–Crippen LogP) is 4.13. The SMILES string of the molecule is CC.Cn1ccc(-c2cccc(C(F)(F)F)c2)n1. The third-order valence-electron chi connectivity index (χ3n) is 2.20. The molecule has 0 atom stereocenters. The van der Waals surface area contributed by atoms with Crippen LogP contribution in [0.4, 0.5) is 13.2 Å². The molecule has 2 aromatic rings. The van der Waals surface area contributed by atoms with Gasteiger partial charge >= 0.3 is 6.18 Å². The maximum Gasteiger partial charge on any atom is 0.416 e. The zero-order valence-electron chi connectivity index (χ0n) is 10.5. The highest BCUT2D eigenvalue weighted by atomic mass is 19.4. The van der Waals surface area contributed by atoms with Gasteiger partial charge in [-0.1, -0.05) is 26.0 Å². The summed E-state index contributed by atoms with van der Waals surface area (Å²) in [4.78, 5) is 0. The van der Waals surface area contributed by atoms with Crippen molar-refractivity contribution in [3.05, 3.63) is 42.1 Å². The molecule has 0 aliphatic carbocycles. The normalized spacial score (nSPS) is 10.8. The number of aryl methyl sites for hydroxylation is 1. The van der Waals surface area contributed by atoms with E-state index < -0.39 is 11.7 Å². The number of alkyl halides is 3. The van der Waals surface area contributed by atoms with Gasteiger partial charge in [-0.25, -0.2) is 0 Å². The van der Waals surface area contributed by atoms with Gasteiger partial charge < -0.3 is 0 Å². The van der Waals surface area contributed by atoms with Crippen molar-refractivity contribution < 1.29 is 13.2 Å². The number of hydrogen-bond donors (Lipinski definition) is 0. The maximum atomic E-state index is 12.5. The first kappa shape index (κ1) is 14.3. The molecule has 2 rings (SSSR count). The summed E-state index contributed by atoms with van der Waals surface area (Å²) in [7, 11) is 1.72. The highest BCUT2D eigenvalue weighted by Crippen LogP contribution is 2.31. The molecule has 18 heavy (non-hydrogen) atoms. The third kappa shape index (κ3) is 3.35. The second-order valence-electron chi connectivity index (χ2n) is 3.45. The summed E-state index contributed by atoms with van der Waals surface area (Å²) in [5, 5.41) is 4.05. The molecule has 0 fully saturated rings. The van der Waals surface area contributed by atoms with Crippen molar-refractivity contribution in [2.75, 3.05) is 0 Å². The molecule has 0 radical (unpaired) electrons. The van der Waals surface area contributed by atoms with Crippen LogP contribution in [0.2, 0.25) is 0 Å². The van der Waals surface area contributed by atoms with Gasteiger partial charge in [-0.15, -0.1) is 0 Å². The van der Waals surface area contributed by atoms with Crippen LogP contribution in [-0.4, -0.2) is 9.78 Å². The molecule has 1 aromatic heterocycles. The number of rotatable bonds is 1. The lowest BCUT2D eigenvalue weighted by Gasteiger charge is -2.07. The summed E-state index contributed by atoms with van der Waals surface area (Å²) in [6.45, 7) is 4.00. The van der Waals surface area contributed by atoms with Gasteiger partial charge in [0.05, 0.1) is 11.3 Å². The first-order valence-corrected chi connectivity index (χ1v) is 5.64. The Morgan fingerprint density at radius 1 is 1.11 bits per heavy atom. The summed E-state index contributed by atoms with van der Waals surface area (Å²) in [6.07, 6.45) is -2.62. The second kappa shape index (κ2) is 5.71. The van der Waals surface area contributed by atoms with Crippen LogP contribution in [-0.2, 0) is 13.2 Å². The molecule has 0 spiro atoms. The van der Waals surface area contributed by atoms with Gasteiger partial charge in [-0.2, -0.15) is 18.3 Å². The van der Waals surface area contributed by atoms with Crippen LogP contribution in [0.3, 0.4) is 0 Å². The molecule has 0 amide bonds. The third-order valence-corrected chi connectivity index (χ3v) is 2.20. The number of aromatic nitrogens is 2. The van der Waals surface area contributed by atoms with Gasteiger partial charge in [0.25, 0.3) is 0 Å². The fourth-order valence-corrected chi connectivity index (χ4v) is 1.42. The van der Waals surface area contributed by atoms with Crippen molar-refractivity contribution >= 4 is 0 Å². The standard InChI is InChI=1S/C11H9F3N2.C2H6/c1-16-6-5-10(15-16)8-3-2-4-9(7-8)11(12,13)14;1-2/h2-7H,1H3;1-2H3. The Hall–Kier alpha value is -1.78. The Morgan fingerprint density at radius 3 is 2.28 bits per heavy atom. The van der Waals surface area contributed by atoms with E-state index in [-0.39, 0.29) is 0 Å². The molecule has 0 unspecified atom stereocenters. The van der Waals surface area contributed by atoms with E-state index in [1.165, 1.54) is 6.07 Å². The summed E-state index contributed by atoms with van der Waals surface area (Å²) in [6, 6.07) is 6.81. The van der Waals surface area contributed by atoms with Crippen molar-refractivity contribution in [3.8, 4) is 11.3 Å². The van der Waals surface area contributed by atoms with Crippen LogP contribution < -0.4 is 0 Å². The van der Waals surface area contributed by atoms with E-state index in [2.05, 4.69) is 5.10 Å². The number of hydrogen-bond acceptors (Lipinski definition) is 1. The lowest BCUT2D eigenvalue weighted by Crippen LogP contribution is -2.04. The largest absolute Gasteiger partial charge is 0.416 e. The summed E-state index contributed by atoms with van der Waals surface area (Å²) >= 11 is 0. The Labute approximate surface area is 104 Å². The predicted molar refractivity (Wildman–Crippen MR) is 65.0 cm³/mol. The zero-order valence-corrected chi connectivity index (χ0v) is 10.5. The fraction of sp³-hybridized carbons (Fsp3) is 0.308. The van der Waals surface area contributed by atoms with Gasteiger partial charge in [-0.3, -0.25) is 4.68 Å². The first-order chi connectivity index (χ1) is 8.47. The van der Waals surface area contributed by atoms with Crippen LogP contribution in [0.25, 0.3) is 11.3 Å². The quantitative estimate of drug-likeness (QED) is 0.750. The highest BCUT2D eigenvalue weighted by molar-refractivity contribution is 5.59. The van der Waals surface area contributed by atoms with Crippen LogP contribution in [0.5, 0.6) is 0 Å². The summed E-state index contributed by atoms with van der Waals surface area (Å²) in [5.41, 5.74) is 0.347. The van der Waals surface area contributed by atoms with Gasteiger partial charge in [0.1, 0.15) is 0 Å². The number of benzene rings is 1. The van der Waals surface area contributed by atoms with E-state index in [0.29, 0.717) is 11.3 Å². The Morgan fingerprint density at radius 2 is 1.78 bits per heavy atom.